The molecule has 208 valence electrons. The van der Waals surface area contributed by atoms with Crippen molar-refractivity contribution in [3.05, 3.63) is 0 Å². The number of alkyl carbamates (subject to hydrolysis) is 2. The van der Waals surface area contributed by atoms with Gasteiger partial charge in [-0.2, -0.15) is 0 Å². The molecule has 0 saturated heterocycles. The number of rotatable bonds is 23. The van der Waals surface area contributed by atoms with Gasteiger partial charge in [-0.05, 0) is 6.55 Å². The van der Waals surface area contributed by atoms with Crippen molar-refractivity contribution in [3.63, 3.8) is 0 Å². The highest BCUT2D eigenvalue weighted by Gasteiger charge is 2.29. The molecule has 0 heterocycles. The van der Waals surface area contributed by atoms with Gasteiger partial charge in [-0.1, -0.05) is 0 Å². The summed E-state index contributed by atoms with van der Waals surface area (Å²) in [5.41, 5.74) is 0. The van der Waals surface area contributed by atoms with E-state index in [-0.39, 0.29) is 13.2 Å². The van der Waals surface area contributed by atoms with E-state index in [1.807, 2.05) is 11.4 Å². The van der Waals surface area contributed by atoms with Crippen LogP contribution in [0.2, 0.25) is 12.6 Å². The van der Waals surface area contributed by atoms with Crippen LogP contribution >= 0.6 is 0 Å². The van der Waals surface area contributed by atoms with Crippen molar-refractivity contribution in [1.82, 2.24) is 15.5 Å². The predicted octanol–water partition coefficient (Wildman–Crippen LogP) is 0.432. The van der Waals surface area contributed by atoms with Gasteiger partial charge in [-0.25, -0.2) is 9.59 Å². The van der Waals surface area contributed by atoms with E-state index in [9.17, 15) is 9.59 Å². The molecule has 0 aromatic carbocycles. The number of hydrogen-bond donors (Lipinski definition) is 2. The molecule has 35 heavy (non-hydrogen) atoms. The molecule has 0 atom stereocenters. The molecule has 13 nitrogen and oxygen atoms in total. The molecule has 2 N–H and O–H groups in total. The van der Waals surface area contributed by atoms with Crippen LogP contribution in [0.3, 0.4) is 0 Å². The summed E-state index contributed by atoms with van der Waals surface area (Å²) >= 11 is 0. The minimum Gasteiger partial charge on any atom is -0.448 e. The third kappa shape index (κ3) is 20.4. The third-order valence-corrected chi connectivity index (χ3v) is 7.78. The second-order valence-corrected chi connectivity index (χ2v) is 11.1. The highest BCUT2D eigenvalue weighted by atomic mass is 28.4. The Labute approximate surface area is 210 Å². The number of carbonyl (C=O) groups is 2. The first kappa shape index (κ1) is 33.5. The van der Waals surface area contributed by atoms with Crippen LogP contribution in [0, 0.1) is 0 Å². The van der Waals surface area contributed by atoms with Crippen LogP contribution in [0.25, 0.3) is 0 Å². The van der Waals surface area contributed by atoms with Crippen molar-refractivity contribution in [2.45, 2.75) is 12.6 Å². The summed E-state index contributed by atoms with van der Waals surface area (Å²) in [6.07, 6.45) is -1.03. The van der Waals surface area contributed by atoms with Gasteiger partial charge in [-0.15, -0.1) is 0 Å². The summed E-state index contributed by atoms with van der Waals surface area (Å²) in [6, 6.07) is 0.704. The molecule has 14 heteroatoms. The molecule has 0 radical (unpaired) electrons. The summed E-state index contributed by atoms with van der Waals surface area (Å²) in [5.74, 6) is 0. The highest BCUT2D eigenvalue weighted by Crippen LogP contribution is 2.12. The largest absolute Gasteiger partial charge is 0.448 e. The third-order valence-electron chi connectivity index (χ3n) is 4.92. The Balaban J connectivity index is 4.29. The number of methoxy groups -OCH3 is 2. The number of carbonyl (C=O) groups excluding carboxylic acids is 2. The van der Waals surface area contributed by atoms with Gasteiger partial charge in [0.15, 0.2) is 0 Å². The lowest BCUT2D eigenvalue weighted by Gasteiger charge is -2.27. The maximum atomic E-state index is 11.8. The van der Waals surface area contributed by atoms with Crippen molar-refractivity contribution in [1.29, 1.82) is 0 Å². The summed E-state index contributed by atoms with van der Waals surface area (Å²) in [5, 5.41) is 5.26. The van der Waals surface area contributed by atoms with Gasteiger partial charge in [0.05, 0.1) is 39.6 Å². The molecule has 0 aromatic heterocycles. The smallest absolute Gasteiger partial charge is 0.407 e. The van der Waals surface area contributed by atoms with E-state index in [1.54, 1.807) is 28.4 Å². The SMILES string of the molecule is COCCOCCNC(=O)OCCN(CCOC(=O)NCCOCCOC)CC[Si](C)(OC)OC. The topological polar surface area (TPSA) is 135 Å². The molecule has 0 bridgehead atoms. The molecule has 0 unspecified atom stereocenters. The van der Waals surface area contributed by atoms with Crippen LogP contribution in [-0.4, -0.2) is 140 Å². The first-order valence-corrected chi connectivity index (χ1v) is 14.2. The Morgan fingerprint density at radius 2 is 1.11 bits per heavy atom. The molecular weight excluding hydrogens is 482 g/mol. The summed E-state index contributed by atoms with van der Waals surface area (Å²) < 4.78 is 41.9. The molecule has 0 aliphatic heterocycles. The Hall–Kier alpha value is -1.52. The zero-order valence-corrected chi connectivity index (χ0v) is 22.9. The van der Waals surface area contributed by atoms with Crippen LogP contribution in [0.4, 0.5) is 9.59 Å². The fourth-order valence-electron chi connectivity index (χ4n) is 2.56. The summed E-state index contributed by atoms with van der Waals surface area (Å²) in [6.45, 7) is 7.29. The monoisotopic (exact) mass is 527 g/mol. The Morgan fingerprint density at radius 1 is 0.657 bits per heavy atom. The number of hydrogen-bond acceptors (Lipinski definition) is 11. The normalized spacial score (nSPS) is 11.5. The molecule has 0 saturated carbocycles. The van der Waals surface area contributed by atoms with Crippen molar-refractivity contribution in [2.24, 2.45) is 0 Å². The van der Waals surface area contributed by atoms with E-state index in [4.69, 9.17) is 37.3 Å². The van der Waals surface area contributed by atoms with E-state index in [0.29, 0.717) is 78.4 Å². The van der Waals surface area contributed by atoms with Crippen LogP contribution in [0.5, 0.6) is 0 Å². The van der Waals surface area contributed by atoms with E-state index in [2.05, 4.69) is 10.6 Å². The molecule has 0 fully saturated rings. The predicted molar refractivity (Wildman–Crippen MR) is 131 cm³/mol. The minimum absolute atomic E-state index is 0.180. The Bertz CT molecular complexity index is 496. The average Bonchev–Trinajstić information content (AvgIpc) is 2.86. The lowest BCUT2D eigenvalue weighted by Crippen LogP contribution is -2.42. The maximum absolute atomic E-state index is 11.8. The van der Waals surface area contributed by atoms with Crippen LogP contribution < -0.4 is 10.6 Å². The maximum Gasteiger partial charge on any atom is 0.407 e. The van der Waals surface area contributed by atoms with Crippen LogP contribution in [0.15, 0.2) is 0 Å². The van der Waals surface area contributed by atoms with Gasteiger partial charge in [0.25, 0.3) is 0 Å². The molecule has 0 aromatic rings. The van der Waals surface area contributed by atoms with Crippen LogP contribution in [0.1, 0.15) is 0 Å². The summed E-state index contributed by atoms with van der Waals surface area (Å²) in [4.78, 5) is 25.7. The average molecular weight is 528 g/mol. The van der Waals surface area contributed by atoms with Gasteiger partial charge >= 0.3 is 20.7 Å². The number of ether oxygens (including phenoxy) is 6. The summed E-state index contributed by atoms with van der Waals surface area (Å²) in [7, 11) is 4.19. The van der Waals surface area contributed by atoms with Crippen LogP contribution in [-0.2, 0) is 37.3 Å². The number of nitrogens with zero attached hydrogens (tertiary/aromatic N) is 1. The zero-order valence-electron chi connectivity index (χ0n) is 21.9. The zero-order chi connectivity index (χ0) is 26.2. The quantitative estimate of drug-likeness (QED) is 0.141. The molecular formula is C21H45N3O10Si. The lowest BCUT2D eigenvalue weighted by atomic mass is 10.4. The Morgan fingerprint density at radius 3 is 1.51 bits per heavy atom. The fourth-order valence-corrected chi connectivity index (χ4v) is 3.86. The van der Waals surface area contributed by atoms with E-state index >= 15 is 0 Å². The van der Waals surface area contributed by atoms with E-state index < -0.39 is 20.7 Å². The van der Waals surface area contributed by atoms with E-state index in [0.717, 1.165) is 0 Å². The van der Waals surface area contributed by atoms with Crippen molar-refractivity contribution in [3.8, 4) is 0 Å². The fraction of sp³-hybridized carbons (Fsp3) is 0.905. The molecule has 0 spiro atoms. The van der Waals surface area contributed by atoms with Crippen molar-refractivity contribution in [2.75, 3.05) is 114 Å². The van der Waals surface area contributed by atoms with Crippen molar-refractivity contribution >= 4 is 20.7 Å². The lowest BCUT2D eigenvalue weighted by molar-refractivity contribution is 0.0688. The molecule has 0 aliphatic rings. The first-order valence-electron chi connectivity index (χ1n) is 11.7. The van der Waals surface area contributed by atoms with Gasteiger partial charge in [-0.3, -0.25) is 4.90 Å². The first-order chi connectivity index (χ1) is 16.9. The molecule has 2 amide bonds. The van der Waals surface area contributed by atoms with E-state index in [1.165, 1.54) is 0 Å². The number of nitrogens with one attached hydrogen (secondary N) is 2. The number of amides is 2. The minimum atomic E-state index is -2.27. The van der Waals surface area contributed by atoms with Gasteiger partial charge in [0.2, 0.25) is 0 Å². The molecule has 0 aliphatic carbocycles. The second-order valence-electron chi connectivity index (χ2n) is 7.47. The highest BCUT2D eigenvalue weighted by molar-refractivity contribution is 6.66. The van der Waals surface area contributed by atoms with Gasteiger partial charge in [0, 0.05) is 67.2 Å². The van der Waals surface area contributed by atoms with Crippen molar-refractivity contribution < 1.29 is 46.9 Å². The van der Waals surface area contributed by atoms with Gasteiger partial charge in [0.1, 0.15) is 13.2 Å². The van der Waals surface area contributed by atoms with Gasteiger partial charge < -0.3 is 47.9 Å². The molecule has 0 rings (SSSR count). The standard InChI is InChI=1S/C21H45N3O10Si/c1-27-15-17-31-11-6-22-20(25)33-13-8-24(10-19-35(5,29-3)30-4)9-14-34-21(26)23-7-12-32-18-16-28-2/h6-19H2,1-5H3,(H,22,25)(H,23,26). The Kier molecular flexibility index (Phi) is 21.9. The second kappa shape index (κ2) is 22.9.